The summed E-state index contributed by atoms with van der Waals surface area (Å²) in [6.07, 6.45) is -0.00730. The van der Waals surface area contributed by atoms with Gasteiger partial charge in [-0.2, -0.15) is 13.2 Å². The quantitative estimate of drug-likeness (QED) is 0.807. The molecule has 1 aromatic rings. The summed E-state index contributed by atoms with van der Waals surface area (Å²) >= 11 is 0. The van der Waals surface area contributed by atoms with Crippen LogP contribution in [0.5, 0.6) is 0 Å². The Kier molecular flexibility index (Phi) is 6.99. The van der Waals surface area contributed by atoms with Crippen molar-refractivity contribution in [2.45, 2.75) is 38.3 Å². The molecule has 164 valence electrons. The predicted octanol–water partition coefficient (Wildman–Crippen LogP) is 2.69. The normalized spacial score (nSPS) is 18.2. The Hall–Kier alpha value is -2.58. The monoisotopic (exact) mass is 425 g/mol. The minimum absolute atomic E-state index is 0.0571. The molecule has 0 aliphatic carbocycles. The summed E-state index contributed by atoms with van der Waals surface area (Å²) in [6.45, 7) is 2.31. The van der Waals surface area contributed by atoms with Gasteiger partial charge in [0.05, 0.1) is 12.1 Å². The van der Waals surface area contributed by atoms with Crippen LogP contribution in [0.2, 0.25) is 0 Å². The number of carbonyl (C=O) groups is 3. The van der Waals surface area contributed by atoms with E-state index in [4.69, 9.17) is 0 Å². The standard InChI is InChI=1S/C21H26F3N3O3/c22-21(23,24)17-6-4-15(5-7-17)19(29)25-14-18(28)26-12-8-16(9-13-26)20(30)27-10-2-1-3-11-27/h4-7,16H,1-3,8-14H2,(H,25,29). The van der Waals surface area contributed by atoms with Crippen molar-refractivity contribution in [3.63, 3.8) is 0 Å². The number of benzene rings is 1. The van der Waals surface area contributed by atoms with Gasteiger partial charge >= 0.3 is 6.18 Å². The highest BCUT2D eigenvalue weighted by Crippen LogP contribution is 2.29. The molecule has 2 saturated heterocycles. The topological polar surface area (TPSA) is 69.7 Å². The zero-order valence-electron chi connectivity index (χ0n) is 16.7. The molecular weight excluding hydrogens is 399 g/mol. The summed E-state index contributed by atoms with van der Waals surface area (Å²) in [5, 5.41) is 2.45. The molecule has 3 rings (SSSR count). The van der Waals surface area contributed by atoms with Crippen molar-refractivity contribution in [2.24, 2.45) is 5.92 Å². The Morgan fingerprint density at radius 1 is 0.900 bits per heavy atom. The van der Waals surface area contributed by atoms with E-state index in [2.05, 4.69) is 5.32 Å². The predicted molar refractivity (Wildman–Crippen MR) is 104 cm³/mol. The number of rotatable bonds is 4. The third-order valence-electron chi connectivity index (χ3n) is 5.74. The number of amides is 3. The van der Waals surface area contributed by atoms with E-state index in [1.807, 2.05) is 4.90 Å². The van der Waals surface area contributed by atoms with E-state index in [-0.39, 0.29) is 29.8 Å². The van der Waals surface area contributed by atoms with E-state index in [0.29, 0.717) is 25.9 Å². The van der Waals surface area contributed by atoms with E-state index in [1.165, 1.54) is 0 Å². The molecule has 0 atom stereocenters. The Morgan fingerprint density at radius 2 is 1.50 bits per heavy atom. The van der Waals surface area contributed by atoms with Gasteiger partial charge < -0.3 is 15.1 Å². The molecule has 0 radical (unpaired) electrons. The summed E-state index contributed by atoms with van der Waals surface area (Å²) in [5.41, 5.74) is -0.779. The Balaban J connectivity index is 1.43. The number of carbonyl (C=O) groups excluding carboxylic acids is 3. The van der Waals surface area contributed by atoms with Gasteiger partial charge in [-0.05, 0) is 56.4 Å². The average Bonchev–Trinajstić information content (AvgIpc) is 2.77. The second kappa shape index (κ2) is 9.49. The smallest absolute Gasteiger partial charge is 0.343 e. The van der Waals surface area contributed by atoms with Crippen LogP contribution in [0.25, 0.3) is 0 Å². The molecule has 0 saturated carbocycles. The largest absolute Gasteiger partial charge is 0.416 e. The van der Waals surface area contributed by atoms with Crippen LogP contribution in [-0.2, 0) is 15.8 Å². The average molecular weight is 425 g/mol. The molecule has 0 aromatic heterocycles. The fraction of sp³-hybridized carbons (Fsp3) is 0.571. The van der Waals surface area contributed by atoms with Crippen LogP contribution in [0.15, 0.2) is 24.3 Å². The van der Waals surface area contributed by atoms with E-state index in [9.17, 15) is 27.6 Å². The maximum Gasteiger partial charge on any atom is 0.416 e. The molecule has 2 aliphatic rings. The van der Waals surface area contributed by atoms with Crippen molar-refractivity contribution in [3.05, 3.63) is 35.4 Å². The highest BCUT2D eigenvalue weighted by atomic mass is 19.4. The molecular formula is C21H26F3N3O3. The highest BCUT2D eigenvalue weighted by Gasteiger charge is 2.31. The molecule has 2 heterocycles. The van der Waals surface area contributed by atoms with E-state index >= 15 is 0 Å². The van der Waals surface area contributed by atoms with Crippen molar-refractivity contribution in [2.75, 3.05) is 32.7 Å². The van der Waals surface area contributed by atoms with Crippen LogP contribution in [0.4, 0.5) is 13.2 Å². The van der Waals surface area contributed by atoms with Gasteiger partial charge in [-0.25, -0.2) is 0 Å². The molecule has 0 bridgehead atoms. The lowest BCUT2D eigenvalue weighted by molar-refractivity contribution is -0.141. The lowest BCUT2D eigenvalue weighted by Crippen LogP contribution is -2.47. The maximum atomic E-state index is 12.6. The summed E-state index contributed by atoms with van der Waals surface area (Å²) in [7, 11) is 0. The first-order valence-corrected chi connectivity index (χ1v) is 10.3. The fourth-order valence-corrected chi connectivity index (χ4v) is 3.93. The molecule has 30 heavy (non-hydrogen) atoms. The van der Waals surface area contributed by atoms with Crippen LogP contribution < -0.4 is 5.32 Å². The molecule has 1 N–H and O–H groups in total. The van der Waals surface area contributed by atoms with Gasteiger partial charge in [-0.1, -0.05) is 0 Å². The van der Waals surface area contributed by atoms with Gasteiger partial charge in [-0.15, -0.1) is 0 Å². The molecule has 2 fully saturated rings. The third kappa shape index (κ3) is 5.52. The fourth-order valence-electron chi connectivity index (χ4n) is 3.93. The number of alkyl halides is 3. The van der Waals surface area contributed by atoms with Gasteiger partial charge in [0.2, 0.25) is 11.8 Å². The van der Waals surface area contributed by atoms with Crippen molar-refractivity contribution in [1.29, 1.82) is 0 Å². The van der Waals surface area contributed by atoms with Gasteiger partial charge in [0, 0.05) is 37.7 Å². The van der Waals surface area contributed by atoms with Gasteiger partial charge in [0.1, 0.15) is 0 Å². The summed E-state index contributed by atoms with van der Waals surface area (Å²) < 4.78 is 37.8. The number of piperidine rings is 2. The Labute approximate surface area is 173 Å². The first-order chi connectivity index (χ1) is 14.3. The number of likely N-dealkylation sites (tertiary alicyclic amines) is 2. The lowest BCUT2D eigenvalue weighted by Gasteiger charge is -2.35. The molecule has 1 aromatic carbocycles. The van der Waals surface area contributed by atoms with Crippen molar-refractivity contribution in [3.8, 4) is 0 Å². The zero-order valence-corrected chi connectivity index (χ0v) is 16.7. The molecule has 2 aliphatic heterocycles. The first-order valence-electron chi connectivity index (χ1n) is 10.3. The maximum absolute atomic E-state index is 12.6. The van der Waals surface area contributed by atoms with Crippen LogP contribution in [0, 0.1) is 5.92 Å². The molecule has 0 spiro atoms. The highest BCUT2D eigenvalue weighted by molar-refractivity contribution is 5.96. The molecule has 9 heteroatoms. The Bertz CT molecular complexity index is 766. The van der Waals surface area contributed by atoms with Crippen molar-refractivity contribution in [1.82, 2.24) is 15.1 Å². The number of halogens is 3. The summed E-state index contributed by atoms with van der Waals surface area (Å²) in [5.74, 6) is -0.752. The molecule has 0 unspecified atom stereocenters. The molecule has 6 nitrogen and oxygen atoms in total. The van der Waals surface area contributed by atoms with E-state index in [1.54, 1.807) is 4.90 Å². The summed E-state index contributed by atoms with van der Waals surface area (Å²) in [6, 6.07) is 3.84. The number of hydrogen-bond acceptors (Lipinski definition) is 3. The second-order valence-electron chi connectivity index (χ2n) is 7.80. The minimum Gasteiger partial charge on any atom is -0.343 e. The van der Waals surface area contributed by atoms with Crippen LogP contribution in [-0.4, -0.2) is 60.2 Å². The van der Waals surface area contributed by atoms with Crippen LogP contribution in [0.1, 0.15) is 48.0 Å². The SMILES string of the molecule is O=C(NCC(=O)N1CCC(C(=O)N2CCCCC2)CC1)c1ccc(C(F)(F)F)cc1. The number of hydrogen-bond donors (Lipinski definition) is 1. The zero-order chi connectivity index (χ0) is 21.7. The van der Waals surface area contributed by atoms with E-state index < -0.39 is 17.6 Å². The first kappa shape index (κ1) is 22.1. The Morgan fingerprint density at radius 3 is 2.07 bits per heavy atom. The summed E-state index contributed by atoms with van der Waals surface area (Å²) in [4.78, 5) is 40.6. The second-order valence-corrected chi connectivity index (χ2v) is 7.80. The van der Waals surface area contributed by atoms with E-state index in [0.717, 1.165) is 56.6 Å². The van der Waals surface area contributed by atoms with Gasteiger partial charge in [0.15, 0.2) is 0 Å². The van der Waals surface area contributed by atoms with Crippen LogP contribution >= 0.6 is 0 Å². The lowest BCUT2D eigenvalue weighted by atomic mass is 9.94. The number of nitrogens with zero attached hydrogens (tertiary/aromatic N) is 2. The van der Waals surface area contributed by atoms with Crippen LogP contribution in [0.3, 0.4) is 0 Å². The third-order valence-corrected chi connectivity index (χ3v) is 5.74. The minimum atomic E-state index is -4.47. The van der Waals surface area contributed by atoms with Gasteiger partial charge in [0.25, 0.3) is 5.91 Å². The van der Waals surface area contributed by atoms with Crippen molar-refractivity contribution >= 4 is 17.7 Å². The van der Waals surface area contributed by atoms with Crippen molar-refractivity contribution < 1.29 is 27.6 Å². The molecule has 3 amide bonds. The number of nitrogens with one attached hydrogen (secondary N) is 1. The van der Waals surface area contributed by atoms with Gasteiger partial charge in [-0.3, -0.25) is 14.4 Å².